The third-order valence-electron chi connectivity index (χ3n) is 3.72. The number of nitrogens with zero attached hydrogens (tertiary/aromatic N) is 1. The molecular formula is C12H23NO. The summed E-state index contributed by atoms with van der Waals surface area (Å²) in [5, 5.41) is 0. The van der Waals surface area contributed by atoms with E-state index in [0.29, 0.717) is 11.6 Å². The molecule has 0 spiro atoms. The minimum atomic E-state index is 0.344. The number of hydrogen-bond acceptors (Lipinski definition) is 2. The summed E-state index contributed by atoms with van der Waals surface area (Å²) in [5.74, 6) is 0.805. The minimum Gasteiger partial charge on any atom is -0.378 e. The van der Waals surface area contributed by atoms with Gasteiger partial charge in [-0.2, -0.15) is 0 Å². The number of rotatable bonds is 2. The van der Waals surface area contributed by atoms with Crippen LogP contribution in [0.15, 0.2) is 0 Å². The Morgan fingerprint density at radius 1 is 1.29 bits per heavy atom. The standard InChI is InChI=1S/C12H23NO/c1-5-14-11-7-10-6-9(11)8-13(10)12(2,3)4/h9-11H,5-8H2,1-4H3. The summed E-state index contributed by atoms with van der Waals surface area (Å²) in [6, 6.07) is 0.788. The van der Waals surface area contributed by atoms with Gasteiger partial charge in [0.05, 0.1) is 6.10 Å². The molecular weight excluding hydrogens is 174 g/mol. The van der Waals surface area contributed by atoms with E-state index in [1.165, 1.54) is 19.4 Å². The molecule has 1 heterocycles. The molecule has 0 aromatic carbocycles. The van der Waals surface area contributed by atoms with Crippen molar-refractivity contribution in [3.63, 3.8) is 0 Å². The van der Waals surface area contributed by atoms with E-state index in [0.717, 1.165) is 18.6 Å². The molecule has 3 unspecified atom stereocenters. The molecule has 14 heavy (non-hydrogen) atoms. The zero-order valence-electron chi connectivity index (χ0n) is 9.92. The van der Waals surface area contributed by atoms with Crippen molar-refractivity contribution >= 4 is 0 Å². The lowest BCUT2D eigenvalue weighted by molar-refractivity contribution is -0.0137. The Bertz CT molecular complexity index is 209. The Labute approximate surface area is 87.6 Å². The third-order valence-corrected chi connectivity index (χ3v) is 3.72. The summed E-state index contributed by atoms with van der Waals surface area (Å²) in [7, 11) is 0. The molecule has 3 atom stereocenters. The second kappa shape index (κ2) is 3.49. The van der Waals surface area contributed by atoms with Gasteiger partial charge in [-0.3, -0.25) is 4.90 Å². The van der Waals surface area contributed by atoms with Crippen LogP contribution in [0.5, 0.6) is 0 Å². The van der Waals surface area contributed by atoms with Gasteiger partial charge in [-0.15, -0.1) is 0 Å². The fourth-order valence-corrected chi connectivity index (χ4v) is 3.15. The fourth-order valence-electron chi connectivity index (χ4n) is 3.15. The Balaban J connectivity index is 1.96. The molecule has 2 heteroatoms. The van der Waals surface area contributed by atoms with Crippen LogP contribution in [0.25, 0.3) is 0 Å². The van der Waals surface area contributed by atoms with E-state index in [1.54, 1.807) is 0 Å². The maximum Gasteiger partial charge on any atom is 0.0630 e. The van der Waals surface area contributed by atoms with Gasteiger partial charge in [0.1, 0.15) is 0 Å². The highest BCUT2D eigenvalue weighted by Gasteiger charge is 2.48. The third kappa shape index (κ3) is 1.70. The van der Waals surface area contributed by atoms with Gasteiger partial charge in [0.15, 0.2) is 0 Å². The lowest BCUT2D eigenvalue weighted by atomic mass is 9.99. The van der Waals surface area contributed by atoms with E-state index in [1.807, 2.05) is 0 Å². The van der Waals surface area contributed by atoms with E-state index < -0.39 is 0 Å². The van der Waals surface area contributed by atoms with Crippen molar-refractivity contribution in [2.45, 2.75) is 58.2 Å². The summed E-state index contributed by atoms with van der Waals surface area (Å²) in [4.78, 5) is 2.66. The lowest BCUT2D eigenvalue weighted by Gasteiger charge is -2.40. The van der Waals surface area contributed by atoms with Crippen LogP contribution >= 0.6 is 0 Å². The van der Waals surface area contributed by atoms with E-state index in [-0.39, 0.29) is 0 Å². The first-order valence-corrected chi connectivity index (χ1v) is 5.90. The Morgan fingerprint density at radius 2 is 2.00 bits per heavy atom. The maximum absolute atomic E-state index is 5.77. The van der Waals surface area contributed by atoms with Gasteiger partial charge >= 0.3 is 0 Å². The molecule has 1 saturated carbocycles. The van der Waals surface area contributed by atoms with Crippen molar-refractivity contribution in [3.05, 3.63) is 0 Å². The van der Waals surface area contributed by atoms with Gasteiger partial charge in [-0.05, 0) is 46.5 Å². The maximum atomic E-state index is 5.77. The van der Waals surface area contributed by atoms with Crippen LogP contribution < -0.4 is 0 Å². The van der Waals surface area contributed by atoms with Crippen LogP contribution in [-0.4, -0.2) is 35.7 Å². The van der Waals surface area contributed by atoms with Gasteiger partial charge in [0, 0.05) is 24.7 Å². The first-order valence-electron chi connectivity index (χ1n) is 5.90. The van der Waals surface area contributed by atoms with E-state index in [2.05, 4.69) is 32.6 Å². The molecule has 2 aliphatic rings. The molecule has 0 radical (unpaired) electrons. The minimum absolute atomic E-state index is 0.344. The molecule has 2 rings (SSSR count). The van der Waals surface area contributed by atoms with Crippen LogP contribution in [0, 0.1) is 5.92 Å². The van der Waals surface area contributed by atoms with Gasteiger partial charge < -0.3 is 4.74 Å². The first kappa shape index (κ1) is 10.4. The van der Waals surface area contributed by atoms with Crippen molar-refractivity contribution in [2.75, 3.05) is 13.2 Å². The molecule has 0 aromatic heterocycles. The molecule has 1 saturated heterocycles. The number of hydrogen-bond donors (Lipinski definition) is 0. The highest BCUT2D eigenvalue weighted by Crippen LogP contribution is 2.42. The summed E-state index contributed by atoms with van der Waals surface area (Å²) in [6.45, 7) is 11.2. The van der Waals surface area contributed by atoms with Crippen LogP contribution in [-0.2, 0) is 4.74 Å². The van der Waals surface area contributed by atoms with Crippen molar-refractivity contribution in [2.24, 2.45) is 5.92 Å². The molecule has 0 N–H and O–H groups in total. The van der Waals surface area contributed by atoms with Crippen molar-refractivity contribution < 1.29 is 4.74 Å². The highest BCUT2D eigenvalue weighted by atomic mass is 16.5. The normalized spacial score (nSPS) is 38.1. The number of fused-ring (bicyclic) bond motifs is 2. The SMILES string of the molecule is CCOC1CC2CC1CN2C(C)(C)C. The predicted octanol–water partition coefficient (Wildman–Crippen LogP) is 2.28. The summed E-state index contributed by atoms with van der Waals surface area (Å²) in [6.07, 6.45) is 3.18. The van der Waals surface area contributed by atoms with Gasteiger partial charge in [-0.1, -0.05) is 0 Å². The Morgan fingerprint density at radius 3 is 2.43 bits per heavy atom. The Hall–Kier alpha value is -0.0800. The average molecular weight is 197 g/mol. The summed E-state index contributed by atoms with van der Waals surface area (Å²) >= 11 is 0. The van der Waals surface area contributed by atoms with Gasteiger partial charge in [0.2, 0.25) is 0 Å². The van der Waals surface area contributed by atoms with Crippen LogP contribution in [0.4, 0.5) is 0 Å². The van der Waals surface area contributed by atoms with Crippen molar-refractivity contribution in [3.8, 4) is 0 Å². The topological polar surface area (TPSA) is 12.5 Å². The molecule has 2 nitrogen and oxygen atoms in total. The van der Waals surface area contributed by atoms with Gasteiger partial charge in [-0.25, -0.2) is 0 Å². The molecule has 1 aliphatic carbocycles. The zero-order valence-corrected chi connectivity index (χ0v) is 9.92. The average Bonchev–Trinajstić information content (AvgIpc) is 2.61. The van der Waals surface area contributed by atoms with E-state index in [4.69, 9.17) is 4.74 Å². The fraction of sp³-hybridized carbons (Fsp3) is 1.00. The summed E-state index contributed by atoms with van der Waals surface area (Å²) < 4.78 is 5.77. The largest absolute Gasteiger partial charge is 0.378 e. The summed E-state index contributed by atoms with van der Waals surface area (Å²) in [5.41, 5.74) is 0.344. The van der Waals surface area contributed by atoms with Crippen LogP contribution in [0.1, 0.15) is 40.5 Å². The van der Waals surface area contributed by atoms with Crippen LogP contribution in [0.3, 0.4) is 0 Å². The van der Waals surface area contributed by atoms with Gasteiger partial charge in [0.25, 0.3) is 0 Å². The smallest absolute Gasteiger partial charge is 0.0630 e. The highest BCUT2D eigenvalue weighted by molar-refractivity contribution is 5.01. The van der Waals surface area contributed by atoms with E-state index >= 15 is 0 Å². The Kier molecular flexibility index (Phi) is 2.61. The number of likely N-dealkylation sites (tertiary alicyclic amines) is 1. The molecule has 2 fully saturated rings. The zero-order chi connectivity index (χ0) is 10.3. The molecule has 1 aliphatic heterocycles. The first-order chi connectivity index (χ1) is 6.52. The quantitative estimate of drug-likeness (QED) is 0.673. The molecule has 82 valence electrons. The number of piperidine rings is 1. The van der Waals surface area contributed by atoms with Crippen molar-refractivity contribution in [1.29, 1.82) is 0 Å². The molecule has 2 bridgehead atoms. The number of ether oxygens (including phenoxy) is 1. The molecule has 0 amide bonds. The van der Waals surface area contributed by atoms with Crippen molar-refractivity contribution in [1.82, 2.24) is 4.90 Å². The van der Waals surface area contributed by atoms with E-state index in [9.17, 15) is 0 Å². The second-order valence-corrected chi connectivity index (χ2v) is 5.70. The lowest BCUT2D eigenvalue weighted by Crippen LogP contribution is -2.48. The molecule has 0 aromatic rings. The monoisotopic (exact) mass is 197 g/mol. The second-order valence-electron chi connectivity index (χ2n) is 5.70. The predicted molar refractivity (Wildman–Crippen MR) is 58.4 cm³/mol. The van der Waals surface area contributed by atoms with Crippen LogP contribution in [0.2, 0.25) is 0 Å².